The van der Waals surface area contributed by atoms with Crippen molar-refractivity contribution in [2.75, 3.05) is 20.2 Å². The molecule has 1 fully saturated rings. The molecule has 1 saturated heterocycles. The highest BCUT2D eigenvalue weighted by molar-refractivity contribution is 5.87. The van der Waals surface area contributed by atoms with Gasteiger partial charge < -0.3 is 14.4 Å². The standard InChI is InChI=1S/C13H15NO3/c1-3-13(15)14-8-12(9-14)17-11-6-4-10(16-2)5-7-11/h3-7,12H,1,8-9H2,2H3. The molecule has 4 nitrogen and oxygen atoms in total. The van der Waals surface area contributed by atoms with Crippen molar-refractivity contribution in [2.45, 2.75) is 6.10 Å². The van der Waals surface area contributed by atoms with Gasteiger partial charge in [-0.2, -0.15) is 0 Å². The zero-order valence-electron chi connectivity index (χ0n) is 9.76. The van der Waals surface area contributed by atoms with E-state index in [4.69, 9.17) is 9.47 Å². The number of methoxy groups -OCH3 is 1. The number of rotatable bonds is 4. The molecular formula is C13H15NO3. The Morgan fingerprint density at radius 1 is 1.35 bits per heavy atom. The van der Waals surface area contributed by atoms with E-state index < -0.39 is 0 Å². The Balaban J connectivity index is 1.83. The summed E-state index contributed by atoms with van der Waals surface area (Å²) >= 11 is 0. The Kier molecular flexibility index (Phi) is 3.32. The number of ether oxygens (including phenoxy) is 2. The lowest BCUT2D eigenvalue weighted by Crippen LogP contribution is -2.55. The van der Waals surface area contributed by atoms with Crippen molar-refractivity contribution in [3.8, 4) is 11.5 Å². The van der Waals surface area contributed by atoms with Crippen LogP contribution in [0.2, 0.25) is 0 Å². The monoisotopic (exact) mass is 233 g/mol. The molecule has 0 radical (unpaired) electrons. The molecule has 90 valence electrons. The zero-order chi connectivity index (χ0) is 12.3. The molecule has 0 atom stereocenters. The van der Waals surface area contributed by atoms with Crippen molar-refractivity contribution in [1.29, 1.82) is 0 Å². The molecule has 0 saturated carbocycles. The third-order valence-corrected chi connectivity index (χ3v) is 2.70. The summed E-state index contributed by atoms with van der Waals surface area (Å²) in [6.45, 7) is 4.69. The number of nitrogens with zero attached hydrogens (tertiary/aromatic N) is 1. The van der Waals surface area contributed by atoms with Gasteiger partial charge in [0, 0.05) is 0 Å². The maximum atomic E-state index is 11.2. The molecule has 0 unspecified atom stereocenters. The molecule has 2 rings (SSSR count). The van der Waals surface area contributed by atoms with E-state index in [0.29, 0.717) is 13.1 Å². The summed E-state index contributed by atoms with van der Waals surface area (Å²) in [5, 5.41) is 0. The largest absolute Gasteiger partial charge is 0.497 e. The first kappa shape index (κ1) is 11.5. The van der Waals surface area contributed by atoms with Crippen molar-refractivity contribution >= 4 is 5.91 Å². The Morgan fingerprint density at radius 3 is 2.47 bits per heavy atom. The molecule has 1 heterocycles. The third kappa shape index (κ3) is 2.58. The van der Waals surface area contributed by atoms with Crippen LogP contribution in [-0.2, 0) is 4.79 Å². The second-order valence-corrected chi connectivity index (χ2v) is 3.86. The van der Waals surface area contributed by atoms with Crippen molar-refractivity contribution in [2.24, 2.45) is 0 Å². The quantitative estimate of drug-likeness (QED) is 0.739. The Bertz CT molecular complexity index is 407. The summed E-state index contributed by atoms with van der Waals surface area (Å²) < 4.78 is 10.7. The molecule has 1 aliphatic heterocycles. The molecule has 0 bridgehead atoms. The van der Waals surface area contributed by atoms with Gasteiger partial charge in [-0.3, -0.25) is 4.79 Å². The number of hydrogen-bond acceptors (Lipinski definition) is 3. The maximum absolute atomic E-state index is 11.2. The van der Waals surface area contributed by atoms with E-state index in [-0.39, 0.29) is 12.0 Å². The van der Waals surface area contributed by atoms with Crippen molar-refractivity contribution < 1.29 is 14.3 Å². The van der Waals surface area contributed by atoms with Crippen molar-refractivity contribution in [3.05, 3.63) is 36.9 Å². The summed E-state index contributed by atoms with van der Waals surface area (Å²) in [5.74, 6) is 1.55. The van der Waals surface area contributed by atoms with Gasteiger partial charge in [0.25, 0.3) is 0 Å². The molecular weight excluding hydrogens is 218 g/mol. The highest BCUT2D eigenvalue weighted by Crippen LogP contribution is 2.21. The third-order valence-electron chi connectivity index (χ3n) is 2.70. The Labute approximate surface area is 100 Å². The first-order valence-electron chi connectivity index (χ1n) is 5.45. The second kappa shape index (κ2) is 4.91. The van der Waals surface area contributed by atoms with Crippen LogP contribution in [0.15, 0.2) is 36.9 Å². The van der Waals surface area contributed by atoms with E-state index in [1.807, 2.05) is 24.3 Å². The summed E-state index contributed by atoms with van der Waals surface area (Å²) in [6, 6.07) is 7.41. The van der Waals surface area contributed by atoms with E-state index >= 15 is 0 Å². The number of carbonyl (C=O) groups excluding carboxylic acids is 1. The number of hydrogen-bond donors (Lipinski definition) is 0. The second-order valence-electron chi connectivity index (χ2n) is 3.86. The van der Waals surface area contributed by atoms with Crippen LogP contribution in [0.3, 0.4) is 0 Å². The van der Waals surface area contributed by atoms with Gasteiger partial charge in [-0.25, -0.2) is 0 Å². The minimum Gasteiger partial charge on any atom is -0.497 e. The fourth-order valence-corrected chi connectivity index (χ4v) is 1.67. The molecule has 1 aliphatic rings. The SMILES string of the molecule is C=CC(=O)N1CC(Oc2ccc(OC)cc2)C1. The highest BCUT2D eigenvalue weighted by atomic mass is 16.5. The first-order chi connectivity index (χ1) is 8.22. The fourth-order valence-electron chi connectivity index (χ4n) is 1.67. The summed E-state index contributed by atoms with van der Waals surface area (Å²) in [4.78, 5) is 12.9. The number of likely N-dealkylation sites (tertiary alicyclic amines) is 1. The van der Waals surface area contributed by atoms with Gasteiger partial charge in [-0.1, -0.05) is 6.58 Å². The van der Waals surface area contributed by atoms with Gasteiger partial charge in [-0.15, -0.1) is 0 Å². The van der Waals surface area contributed by atoms with Gasteiger partial charge in [0.2, 0.25) is 5.91 Å². The van der Waals surface area contributed by atoms with Crippen LogP contribution in [0.25, 0.3) is 0 Å². The van der Waals surface area contributed by atoms with E-state index in [9.17, 15) is 4.79 Å². The van der Waals surface area contributed by atoms with Gasteiger partial charge in [-0.05, 0) is 30.3 Å². The minimum atomic E-state index is -0.0421. The van der Waals surface area contributed by atoms with E-state index in [1.165, 1.54) is 6.08 Å². The van der Waals surface area contributed by atoms with Crippen LogP contribution in [-0.4, -0.2) is 37.1 Å². The maximum Gasteiger partial charge on any atom is 0.246 e. The lowest BCUT2D eigenvalue weighted by molar-refractivity contribution is -0.134. The molecule has 1 aromatic carbocycles. The smallest absolute Gasteiger partial charge is 0.246 e. The average molecular weight is 233 g/mol. The molecule has 0 aliphatic carbocycles. The van der Waals surface area contributed by atoms with E-state index in [2.05, 4.69) is 6.58 Å². The van der Waals surface area contributed by atoms with Gasteiger partial charge in [0.1, 0.15) is 17.6 Å². The van der Waals surface area contributed by atoms with E-state index in [1.54, 1.807) is 12.0 Å². The summed E-state index contributed by atoms with van der Waals surface area (Å²) in [7, 11) is 1.63. The fraction of sp³-hybridized carbons (Fsp3) is 0.308. The molecule has 0 spiro atoms. The molecule has 1 aromatic rings. The molecule has 0 N–H and O–H groups in total. The van der Waals surface area contributed by atoms with Gasteiger partial charge in [0.15, 0.2) is 0 Å². The first-order valence-corrected chi connectivity index (χ1v) is 5.45. The lowest BCUT2D eigenvalue weighted by Gasteiger charge is -2.38. The van der Waals surface area contributed by atoms with Crippen LogP contribution < -0.4 is 9.47 Å². The lowest BCUT2D eigenvalue weighted by atomic mass is 10.1. The van der Waals surface area contributed by atoms with Crippen LogP contribution in [0.5, 0.6) is 11.5 Å². The Morgan fingerprint density at radius 2 is 1.94 bits per heavy atom. The van der Waals surface area contributed by atoms with Crippen molar-refractivity contribution in [1.82, 2.24) is 4.90 Å². The molecule has 17 heavy (non-hydrogen) atoms. The molecule has 4 heteroatoms. The minimum absolute atomic E-state index is 0.0421. The van der Waals surface area contributed by atoms with Gasteiger partial charge >= 0.3 is 0 Å². The highest BCUT2D eigenvalue weighted by Gasteiger charge is 2.30. The predicted octanol–water partition coefficient (Wildman–Crippen LogP) is 1.47. The number of benzene rings is 1. The zero-order valence-corrected chi connectivity index (χ0v) is 9.76. The van der Waals surface area contributed by atoms with Gasteiger partial charge in [0.05, 0.1) is 20.2 Å². The number of carbonyl (C=O) groups is 1. The van der Waals surface area contributed by atoms with Crippen LogP contribution >= 0.6 is 0 Å². The predicted molar refractivity (Wildman–Crippen MR) is 64.2 cm³/mol. The average Bonchev–Trinajstić information content (AvgIpc) is 2.33. The van der Waals surface area contributed by atoms with Crippen LogP contribution in [0.1, 0.15) is 0 Å². The summed E-state index contributed by atoms with van der Waals surface area (Å²) in [5.41, 5.74) is 0. The Hall–Kier alpha value is -1.97. The normalized spacial score (nSPS) is 15.0. The number of amides is 1. The molecule has 1 amide bonds. The summed E-state index contributed by atoms with van der Waals surface area (Å²) in [6.07, 6.45) is 1.40. The van der Waals surface area contributed by atoms with Crippen molar-refractivity contribution in [3.63, 3.8) is 0 Å². The van der Waals surface area contributed by atoms with E-state index in [0.717, 1.165) is 11.5 Å². The van der Waals surface area contributed by atoms with Crippen LogP contribution in [0, 0.1) is 0 Å². The topological polar surface area (TPSA) is 38.8 Å². The van der Waals surface area contributed by atoms with Crippen LogP contribution in [0.4, 0.5) is 0 Å². The molecule has 0 aromatic heterocycles.